The van der Waals surface area contributed by atoms with E-state index in [-0.39, 0.29) is 18.3 Å². The molecule has 0 unspecified atom stereocenters. The maximum Gasteiger partial charge on any atom is 0.268 e. The molecule has 0 bridgehead atoms. The molecule has 1 amide bonds. The molecule has 27 heavy (non-hydrogen) atoms. The first kappa shape index (κ1) is 20.5. The molecule has 0 aliphatic carbocycles. The average molecular weight is 369 g/mol. The molecule has 1 aromatic heterocycles. The number of aliphatic hydroxyl groups excluding tert-OH is 1. The zero-order chi connectivity index (χ0) is 20.1. The van der Waals surface area contributed by atoms with Crippen molar-refractivity contribution in [3.8, 4) is 0 Å². The summed E-state index contributed by atoms with van der Waals surface area (Å²) in [5.41, 5.74) is 3.50. The van der Waals surface area contributed by atoms with Crippen molar-refractivity contribution in [1.29, 1.82) is 0 Å². The van der Waals surface area contributed by atoms with Crippen molar-refractivity contribution in [3.05, 3.63) is 70.2 Å². The van der Waals surface area contributed by atoms with Gasteiger partial charge in [0.15, 0.2) is 5.78 Å². The second-order valence-corrected chi connectivity index (χ2v) is 6.85. The largest absolute Gasteiger partial charge is 0.394 e. The molecule has 1 atom stereocenters. The van der Waals surface area contributed by atoms with Crippen LogP contribution >= 0.6 is 0 Å². The average Bonchev–Trinajstić information content (AvgIpc) is 2.93. The Morgan fingerprint density at radius 1 is 1.22 bits per heavy atom. The molecule has 0 radical (unpaired) electrons. The lowest BCUT2D eigenvalue weighted by molar-refractivity contribution is 0.0911. The van der Waals surface area contributed by atoms with Gasteiger partial charge in [0, 0.05) is 37.1 Å². The van der Waals surface area contributed by atoms with Crippen LogP contribution in [-0.2, 0) is 0 Å². The summed E-state index contributed by atoms with van der Waals surface area (Å²) in [6, 6.07) is 8.75. The number of nitrogens with one attached hydrogen (secondary N) is 2. The first-order valence-corrected chi connectivity index (χ1v) is 8.81. The molecule has 1 aromatic carbocycles. The number of benzene rings is 1. The molecule has 0 spiro atoms. The van der Waals surface area contributed by atoms with Crippen LogP contribution in [0.3, 0.4) is 0 Å². The second-order valence-electron chi connectivity index (χ2n) is 6.85. The molecule has 0 fully saturated rings. The lowest BCUT2D eigenvalue weighted by atomic mass is 10.0. The molecule has 2 aromatic rings. The van der Waals surface area contributed by atoms with Crippen LogP contribution in [0.4, 0.5) is 0 Å². The molecule has 144 valence electrons. The third-order valence-corrected chi connectivity index (χ3v) is 4.39. The van der Waals surface area contributed by atoms with Crippen LogP contribution in [0.2, 0.25) is 0 Å². The lowest BCUT2D eigenvalue weighted by Gasteiger charge is -2.16. The topological polar surface area (TPSA) is 85.4 Å². The molecule has 0 saturated heterocycles. The number of H-pyrrole nitrogens is 1. The fraction of sp³-hybridized carbons (Fsp3) is 0.333. The van der Waals surface area contributed by atoms with Crippen molar-refractivity contribution < 1.29 is 14.7 Å². The van der Waals surface area contributed by atoms with Gasteiger partial charge in [-0.15, -0.1) is 0 Å². The number of nitrogens with zero attached hydrogens (tertiary/aromatic N) is 1. The Kier molecular flexibility index (Phi) is 6.58. The summed E-state index contributed by atoms with van der Waals surface area (Å²) in [4.78, 5) is 30.4. The number of carbonyl (C=O) groups is 2. The zero-order valence-corrected chi connectivity index (χ0v) is 16.5. The quantitative estimate of drug-likeness (QED) is 0.517. The van der Waals surface area contributed by atoms with Crippen molar-refractivity contribution in [2.75, 3.05) is 20.7 Å². The van der Waals surface area contributed by atoms with Crippen molar-refractivity contribution >= 4 is 11.7 Å². The molecule has 0 aliphatic rings. The number of rotatable bonds is 7. The summed E-state index contributed by atoms with van der Waals surface area (Å²) in [7, 11) is 3.70. The highest BCUT2D eigenvalue weighted by atomic mass is 16.3. The predicted molar refractivity (Wildman–Crippen MR) is 106 cm³/mol. The number of aliphatic hydroxyl groups is 1. The Bertz CT molecular complexity index is 851. The summed E-state index contributed by atoms with van der Waals surface area (Å²) < 4.78 is 0. The van der Waals surface area contributed by atoms with Crippen molar-refractivity contribution in [2.45, 2.75) is 26.8 Å². The van der Waals surface area contributed by atoms with E-state index in [0.717, 1.165) is 5.56 Å². The van der Waals surface area contributed by atoms with E-state index >= 15 is 0 Å². The van der Waals surface area contributed by atoms with Gasteiger partial charge >= 0.3 is 0 Å². The maximum absolute atomic E-state index is 12.8. The standard InChI is InChI=1S/C21H27N3O3/c1-13(11-24(4)5)20(26)18-14(2)19(22-15(18)3)21(27)23-17(12-25)16-9-7-6-8-10-16/h6-11,17,22,25H,12H2,1-5H3,(H,23,27)/b13-11-/t17-/m1/s1. The van der Waals surface area contributed by atoms with Gasteiger partial charge in [0.25, 0.3) is 5.91 Å². The van der Waals surface area contributed by atoms with Crippen LogP contribution in [0.5, 0.6) is 0 Å². The van der Waals surface area contributed by atoms with Gasteiger partial charge < -0.3 is 20.3 Å². The summed E-state index contributed by atoms with van der Waals surface area (Å²) in [5, 5.41) is 12.5. The van der Waals surface area contributed by atoms with Gasteiger partial charge in [-0.05, 0) is 31.9 Å². The molecule has 3 N–H and O–H groups in total. The minimum Gasteiger partial charge on any atom is -0.394 e. The van der Waals surface area contributed by atoms with Crippen molar-refractivity contribution in [2.24, 2.45) is 0 Å². The highest BCUT2D eigenvalue weighted by molar-refractivity contribution is 6.11. The Morgan fingerprint density at radius 3 is 2.41 bits per heavy atom. The second kappa shape index (κ2) is 8.68. The smallest absolute Gasteiger partial charge is 0.268 e. The lowest BCUT2D eigenvalue weighted by Crippen LogP contribution is -2.31. The number of allylic oxidation sites excluding steroid dienone is 1. The Labute approximate surface area is 159 Å². The third-order valence-electron chi connectivity index (χ3n) is 4.39. The number of aromatic nitrogens is 1. The molecular formula is C21H27N3O3. The summed E-state index contributed by atoms with van der Waals surface area (Å²) in [6.45, 7) is 5.07. The highest BCUT2D eigenvalue weighted by Gasteiger charge is 2.24. The molecule has 2 rings (SSSR count). The fourth-order valence-electron chi connectivity index (χ4n) is 3.11. The molecule has 0 saturated carbocycles. The summed E-state index contributed by atoms with van der Waals surface area (Å²) in [6.07, 6.45) is 1.76. The number of hydrogen-bond acceptors (Lipinski definition) is 4. The van der Waals surface area contributed by atoms with E-state index in [9.17, 15) is 14.7 Å². The van der Waals surface area contributed by atoms with Crippen LogP contribution in [0.15, 0.2) is 42.1 Å². The third kappa shape index (κ3) is 4.65. The van der Waals surface area contributed by atoms with E-state index in [2.05, 4.69) is 10.3 Å². The Hall–Kier alpha value is -2.86. The zero-order valence-electron chi connectivity index (χ0n) is 16.5. The Morgan fingerprint density at radius 2 is 1.85 bits per heavy atom. The van der Waals surface area contributed by atoms with Gasteiger partial charge in [0.05, 0.1) is 12.6 Å². The molecule has 6 heteroatoms. The van der Waals surface area contributed by atoms with Crippen LogP contribution in [0, 0.1) is 13.8 Å². The van der Waals surface area contributed by atoms with E-state index in [1.807, 2.05) is 49.3 Å². The molecule has 1 heterocycles. The highest BCUT2D eigenvalue weighted by Crippen LogP contribution is 2.22. The number of hydrogen-bond donors (Lipinski definition) is 3. The minimum atomic E-state index is -0.517. The van der Waals surface area contributed by atoms with Crippen molar-refractivity contribution in [1.82, 2.24) is 15.2 Å². The van der Waals surface area contributed by atoms with E-state index < -0.39 is 6.04 Å². The number of carbonyl (C=O) groups excluding carboxylic acids is 2. The normalized spacial score (nSPS) is 12.6. The number of Topliss-reactive ketones (excluding diaryl/α,β-unsaturated/α-hetero) is 1. The number of aromatic amines is 1. The van der Waals surface area contributed by atoms with Gasteiger partial charge in [-0.1, -0.05) is 30.3 Å². The van der Waals surface area contributed by atoms with Crippen LogP contribution < -0.4 is 5.32 Å². The van der Waals surface area contributed by atoms with Crippen LogP contribution in [-0.4, -0.2) is 47.4 Å². The summed E-state index contributed by atoms with van der Waals surface area (Å²) >= 11 is 0. The fourth-order valence-corrected chi connectivity index (χ4v) is 3.11. The van der Waals surface area contributed by atoms with E-state index in [1.165, 1.54) is 0 Å². The van der Waals surface area contributed by atoms with E-state index in [1.54, 1.807) is 27.0 Å². The van der Waals surface area contributed by atoms with Gasteiger partial charge in [0.1, 0.15) is 5.69 Å². The van der Waals surface area contributed by atoms with Gasteiger partial charge in [-0.3, -0.25) is 9.59 Å². The number of aryl methyl sites for hydroxylation is 1. The van der Waals surface area contributed by atoms with E-state index in [4.69, 9.17) is 0 Å². The maximum atomic E-state index is 12.8. The van der Waals surface area contributed by atoms with Gasteiger partial charge in [-0.2, -0.15) is 0 Å². The number of amides is 1. The SMILES string of the molecule is C/C(=C/N(C)C)C(=O)c1c(C)[nH]c(C(=O)N[C@H](CO)c2ccccc2)c1C. The first-order valence-electron chi connectivity index (χ1n) is 8.81. The predicted octanol–water partition coefficient (Wildman–Crippen LogP) is 2.74. The molecular weight excluding hydrogens is 342 g/mol. The number of ketones is 1. The van der Waals surface area contributed by atoms with E-state index in [0.29, 0.717) is 28.1 Å². The first-order chi connectivity index (χ1) is 12.8. The molecule has 0 aliphatic heterocycles. The van der Waals surface area contributed by atoms with Gasteiger partial charge in [0.2, 0.25) is 0 Å². The summed E-state index contributed by atoms with van der Waals surface area (Å²) in [5.74, 6) is -0.470. The molecule has 6 nitrogen and oxygen atoms in total. The minimum absolute atomic E-state index is 0.115. The van der Waals surface area contributed by atoms with Gasteiger partial charge in [-0.25, -0.2) is 0 Å². The van der Waals surface area contributed by atoms with Crippen LogP contribution in [0.1, 0.15) is 50.6 Å². The van der Waals surface area contributed by atoms with Crippen molar-refractivity contribution in [3.63, 3.8) is 0 Å². The monoisotopic (exact) mass is 369 g/mol. The van der Waals surface area contributed by atoms with Crippen LogP contribution in [0.25, 0.3) is 0 Å². The Balaban J connectivity index is 2.29.